The molecule has 1 saturated carbocycles. The molecule has 2 fully saturated rings. The van der Waals surface area contributed by atoms with Gasteiger partial charge in [-0.05, 0) is 56.9 Å². The van der Waals surface area contributed by atoms with E-state index in [0.29, 0.717) is 19.4 Å². The highest BCUT2D eigenvalue weighted by molar-refractivity contribution is 6.12. The maximum absolute atomic E-state index is 14.6. The third-order valence-electron chi connectivity index (χ3n) is 13.6. The van der Waals surface area contributed by atoms with E-state index >= 15 is 0 Å². The number of likely N-dealkylation sites (tertiary alicyclic amines) is 1. The third-order valence-corrected chi connectivity index (χ3v) is 13.6. The zero-order valence-corrected chi connectivity index (χ0v) is 42.9. The minimum Gasteiger partial charge on any atom is -0.480 e. The van der Waals surface area contributed by atoms with Gasteiger partial charge in [0.25, 0.3) is 11.8 Å². The lowest BCUT2D eigenvalue weighted by Crippen LogP contribution is -2.62. The van der Waals surface area contributed by atoms with Crippen LogP contribution in [0.3, 0.4) is 0 Å². The van der Waals surface area contributed by atoms with E-state index in [4.69, 9.17) is 23.7 Å². The summed E-state index contributed by atoms with van der Waals surface area (Å²) in [4.78, 5) is 109. The average molecular weight is 999 g/mol. The molecule has 1 aliphatic carbocycles. The Balaban J connectivity index is 1.30. The highest BCUT2D eigenvalue weighted by atomic mass is 16.5. The zero-order valence-electron chi connectivity index (χ0n) is 42.9. The van der Waals surface area contributed by atoms with Crippen molar-refractivity contribution >= 4 is 47.3 Å². The number of amides is 7. The van der Waals surface area contributed by atoms with Crippen LogP contribution in [0.5, 0.6) is 0 Å². The van der Waals surface area contributed by atoms with Crippen LogP contribution in [-0.4, -0.2) is 183 Å². The van der Waals surface area contributed by atoms with Crippen molar-refractivity contribution in [2.75, 3.05) is 74.0 Å². The number of carbonyl (C=O) groups excluding carboxylic acids is 7. The lowest BCUT2D eigenvalue weighted by molar-refractivity contribution is -0.148. The largest absolute Gasteiger partial charge is 0.480 e. The van der Waals surface area contributed by atoms with Crippen molar-refractivity contribution in [3.63, 3.8) is 0 Å². The number of aliphatic carboxylic acids is 1. The normalized spacial score (nSPS) is 18.8. The van der Waals surface area contributed by atoms with Crippen LogP contribution >= 0.6 is 0 Å². The third kappa shape index (κ3) is 17.2. The Kier molecular flexibility index (Phi) is 23.5. The number of methoxy groups -OCH3 is 2. The van der Waals surface area contributed by atoms with Crippen molar-refractivity contribution in [1.29, 1.82) is 0 Å². The summed E-state index contributed by atoms with van der Waals surface area (Å²) < 4.78 is 28.4. The van der Waals surface area contributed by atoms with E-state index in [9.17, 15) is 43.5 Å². The Morgan fingerprint density at radius 2 is 1.42 bits per heavy atom. The summed E-state index contributed by atoms with van der Waals surface area (Å²) in [6.45, 7) is 10.3. The van der Waals surface area contributed by atoms with E-state index in [1.54, 1.807) is 61.9 Å². The number of carbonyl (C=O) groups is 8. The van der Waals surface area contributed by atoms with E-state index in [-0.39, 0.29) is 101 Å². The van der Waals surface area contributed by atoms with Crippen LogP contribution in [0, 0.1) is 17.8 Å². The Labute approximate surface area is 418 Å². The van der Waals surface area contributed by atoms with Gasteiger partial charge in [-0.25, -0.2) is 4.79 Å². The number of rotatable bonds is 31. The second-order valence-electron chi connectivity index (χ2n) is 19.5. The molecular formula is C51H78N6O14. The van der Waals surface area contributed by atoms with Crippen molar-refractivity contribution in [2.45, 2.75) is 134 Å². The van der Waals surface area contributed by atoms with Crippen molar-refractivity contribution in [3.8, 4) is 0 Å². The second kappa shape index (κ2) is 28.7. The Morgan fingerprint density at radius 1 is 0.817 bits per heavy atom. The molecule has 4 N–H and O–H groups in total. The molecule has 0 radical (unpaired) electrons. The number of likely N-dealkylation sites (N-methyl/N-ethyl adjacent to an activating group) is 1. The maximum atomic E-state index is 14.6. The van der Waals surface area contributed by atoms with Crippen LogP contribution in [-0.2, 0) is 68.5 Å². The first-order valence-electron chi connectivity index (χ1n) is 24.9. The molecule has 2 aliphatic heterocycles. The number of nitrogens with zero attached hydrogens (tertiary/aromatic N) is 3. The van der Waals surface area contributed by atoms with Crippen LogP contribution in [0.15, 0.2) is 42.5 Å². The van der Waals surface area contributed by atoms with Gasteiger partial charge in [0.2, 0.25) is 29.5 Å². The number of carboxylic acids is 1. The van der Waals surface area contributed by atoms with Crippen LogP contribution in [0.2, 0.25) is 0 Å². The number of hydrogen-bond acceptors (Lipinski definition) is 13. The number of nitrogens with one attached hydrogen (secondary N) is 3. The van der Waals surface area contributed by atoms with Crippen molar-refractivity contribution < 1.29 is 67.1 Å². The zero-order chi connectivity index (χ0) is 52.3. The van der Waals surface area contributed by atoms with Gasteiger partial charge in [-0.3, -0.25) is 38.5 Å². The number of imide groups is 1. The molecule has 2 heterocycles. The Bertz CT molecular complexity index is 1960. The van der Waals surface area contributed by atoms with Crippen LogP contribution < -0.4 is 16.0 Å². The molecule has 1 aromatic rings. The number of hydrogen-bond donors (Lipinski definition) is 4. The minimum absolute atomic E-state index is 0.0160. The summed E-state index contributed by atoms with van der Waals surface area (Å²) in [5.41, 5.74) is -0.631. The van der Waals surface area contributed by atoms with Crippen molar-refractivity contribution in [3.05, 3.63) is 48.0 Å². The SMILES string of the molecule is COC(CC(=O)N1CCCC1C(OC)C(C)C(=O)NC(Cc1ccccc1)C(=O)O)C(C1CCCC1)N(C)C(=O)C(NC(=O)C(C)(C)NC(=O)CCOCCOCCOCCN1C(=O)C=CC1=O)C(C)C. The first-order chi connectivity index (χ1) is 33.8. The summed E-state index contributed by atoms with van der Waals surface area (Å²) in [7, 11) is 4.68. The summed E-state index contributed by atoms with van der Waals surface area (Å²) in [6, 6.07) is 5.91. The second-order valence-corrected chi connectivity index (χ2v) is 19.5. The molecule has 7 atom stereocenters. The molecule has 0 bridgehead atoms. The first-order valence-corrected chi connectivity index (χ1v) is 24.9. The van der Waals surface area contributed by atoms with Crippen LogP contribution in [0.4, 0.5) is 0 Å². The van der Waals surface area contributed by atoms with Gasteiger partial charge in [-0.15, -0.1) is 0 Å². The van der Waals surface area contributed by atoms with Crippen molar-refractivity contribution in [2.24, 2.45) is 17.8 Å². The molecule has 0 spiro atoms. The summed E-state index contributed by atoms with van der Waals surface area (Å²) >= 11 is 0. The lowest BCUT2D eigenvalue weighted by atomic mass is 9.88. The molecule has 1 aromatic carbocycles. The number of carboxylic acid groups (broad SMARTS) is 1. The van der Waals surface area contributed by atoms with E-state index in [1.807, 2.05) is 19.9 Å². The highest BCUT2D eigenvalue weighted by Crippen LogP contribution is 2.35. The topological polar surface area (TPSA) is 249 Å². The van der Waals surface area contributed by atoms with Gasteiger partial charge in [-0.1, -0.05) is 63.9 Å². The molecule has 71 heavy (non-hydrogen) atoms. The standard InChI is InChI=1S/C51H78N6O14/c1-33(2)44(53-50(66)51(4,5)54-40(58)22-25-69-27-29-71-30-28-70-26-24-57-41(59)20-21-42(57)60)48(63)55(6)45(36-17-12-13-18-36)39(67-7)32-43(61)56-23-14-19-38(56)46(68-8)34(3)47(62)52-37(49(64)65)31-35-15-10-9-11-16-35/h9-11,15-16,20-21,33-34,36-39,44-46H,12-14,17-19,22-32H2,1-8H3,(H,52,62)(H,53,66)(H,54,58)(H,64,65). The Morgan fingerprint density at radius 3 is 2.00 bits per heavy atom. The van der Waals surface area contributed by atoms with E-state index < -0.39 is 71.5 Å². The molecule has 0 aromatic heterocycles. The number of benzene rings is 1. The predicted molar refractivity (Wildman–Crippen MR) is 260 cm³/mol. The number of ether oxygens (including phenoxy) is 5. The molecular weight excluding hydrogens is 921 g/mol. The average Bonchev–Trinajstić information content (AvgIpc) is 4.12. The van der Waals surface area contributed by atoms with Gasteiger partial charge in [0.15, 0.2) is 0 Å². The molecule has 396 valence electrons. The molecule has 20 heteroatoms. The van der Waals surface area contributed by atoms with Gasteiger partial charge < -0.3 is 54.5 Å². The summed E-state index contributed by atoms with van der Waals surface area (Å²) in [5, 5.41) is 18.3. The van der Waals surface area contributed by atoms with Gasteiger partial charge in [0, 0.05) is 52.8 Å². The summed E-state index contributed by atoms with van der Waals surface area (Å²) in [5.74, 6) is -5.08. The fourth-order valence-electron chi connectivity index (χ4n) is 9.62. The van der Waals surface area contributed by atoms with Gasteiger partial charge in [0.1, 0.15) is 17.6 Å². The quantitative estimate of drug-likeness (QED) is 0.0616. The van der Waals surface area contributed by atoms with Gasteiger partial charge in [0.05, 0.1) is 82.8 Å². The molecule has 7 amide bonds. The molecule has 1 saturated heterocycles. The van der Waals surface area contributed by atoms with E-state index in [0.717, 1.165) is 36.1 Å². The lowest BCUT2D eigenvalue weighted by Gasteiger charge is -2.41. The smallest absolute Gasteiger partial charge is 0.326 e. The van der Waals surface area contributed by atoms with E-state index in [1.165, 1.54) is 26.4 Å². The fourth-order valence-corrected chi connectivity index (χ4v) is 9.62. The molecule has 3 aliphatic rings. The predicted octanol–water partition coefficient (Wildman–Crippen LogP) is 2.26. The highest BCUT2D eigenvalue weighted by Gasteiger charge is 2.45. The monoisotopic (exact) mass is 999 g/mol. The minimum atomic E-state index is -1.39. The fraction of sp³-hybridized carbons (Fsp3) is 0.686. The first kappa shape index (κ1) is 58.3. The van der Waals surface area contributed by atoms with Gasteiger partial charge >= 0.3 is 5.97 Å². The molecule has 20 nitrogen and oxygen atoms in total. The van der Waals surface area contributed by atoms with Crippen LogP contribution in [0.1, 0.15) is 91.5 Å². The van der Waals surface area contributed by atoms with Gasteiger partial charge in [-0.2, -0.15) is 0 Å². The van der Waals surface area contributed by atoms with E-state index in [2.05, 4.69) is 16.0 Å². The molecule has 4 rings (SSSR count). The summed E-state index contributed by atoms with van der Waals surface area (Å²) in [6.07, 6.45) is 5.79. The Hall–Kier alpha value is -5.28. The molecule has 7 unspecified atom stereocenters. The van der Waals surface area contributed by atoms with Crippen LogP contribution in [0.25, 0.3) is 0 Å². The maximum Gasteiger partial charge on any atom is 0.326 e. The van der Waals surface area contributed by atoms with Crippen molar-refractivity contribution in [1.82, 2.24) is 30.7 Å².